The first-order valence-corrected chi connectivity index (χ1v) is 6.68. The van der Waals surface area contributed by atoms with Gasteiger partial charge < -0.3 is 9.72 Å². The van der Waals surface area contributed by atoms with Crippen molar-refractivity contribution in [2.24, 2.45) is 0 Å². The first kappa shape index (κ1) is 14.2. The Hall–Kier alpha value is -2.17. The minimum absolute atomic E-state index is 0.0729. The third kappa shape index (κ3) is 3.04. The second kappa shape index (κ2) is 5.86. The molecule has 0 bridgehead atoms. The normalized spacial score (nSPS) is 11.1. The molecule has 106 valence electrons. The van der Waals surface area contributed by atoms with Crippen LogP contribution < -0.4 is 10.3 Å². The molecule has 0 fully saturated rings. The fourth-order valence-electron chi connectivity index (χ4n) is 2.06. The summed E-state index contributed by atoms with van der Waals surface area (Å²) in [5.41, 5.74) is 2.00. The second-order valence-electron chi connectivity index (χ2n) is 5.22. The molecule has 5 nitrogen and oxygen atoms in total. The summed E-state index contributed by atoms with van der Waals surface area (Å²) >= 11 is 0. The molecule has 1 N–H and O–H groups in total. The zero-order valence-electron chi connectivity index (χ0n) is 12.2. The number of nitrogens with one attached hydrogen (secondary N) is 1. The maximum absolute atomic E-state index is 12.0. The summed E-state index contributed by atoms with van der Waals surface area (Å²) in [6, 6.07) is 1.86. The van der Waals surface area contributed by atoms with Gasteiger partial charge in [-0.15, -0.1) is 0 Å². The zero-order valence-corrected chi connectivity index (χ0v) is 12.2. The lowest BCUT2D eigenvalue weighted by Gasteiger charge is -2.12. The molecule has 0 spiro atoms. The van der Waals surface area contributed by atoms with Crippen LogP contribution in [0.4, 0.5) is 0 Å². The summed E-state index contributed by atoms with van der Waals surface area (Å²) in [6.07, 6.45) is 4.84. The molecule has 5 heteroatoms. The average molecular weight is 273 g/mol. The van der Waals surface area contributed by atoms with Gasteiger partial charge in [-0.25, -0.2) is 4.98 Å². The Balaban J connectivity index is 2.52. The van der Waals surface area contributed by atoms with Crippen molar-refractivity contribution in [1.29, 1.82) is 0 Å². The van der Waals surface area contributed by atoms with Gasteiger partial charge in [0, 0.05) is 17.3 Å². The van der Waals surface area contributed by atoms with Crippen LogP contribution in [0.25, 0.3) is 11.3 Å². The topological polar surface area (TPSA) is 67.9 Å². The molecule has 2 aromatic heterocycles. The highest BCUT2D eigenvalue weighted by Gasteiger charge is 2.15. The molecule has 20 heavy (non-hydrogen) atoms. The lowest BCUT2D eigenvalue weighted by atomic mass is 9.99. The fraction of sp³-hybridized carbons (Fsp3) is 0.400. The predicted octanol–water partition coefficient (Wildman–Crippen LogP) is 2.74. The van der Waals surface area contributed by atoms with Crippen molar-refractivity contribution in [3.8, 4) is 17.0 Å². The number of H-pyrrole nitrogens is 1. The molecule has 2 heterocycles. The van der Waals surface area contributed by atoms with Crippen LogP contribution in [0.3, 0.4) is 0 Å². The van der Waals surface area contributed by atoms with Crippen LogP contribution in [0, 0.1) is 0 Å². The smallest absolute Gasteiger partial charge is 0.254 e. The Labute approximate surface area is 118 Å². The minimum atomic E-state index is -0.111. The van der Waals surface area contributed by atoms with Crippen molar-refractivity contribution >= 4 is 0 Å². The van der Waals surface area contributed by atoms with Gasteiger partial charge in [0.1, 0.15) is 5.75 Å². The van der Waals surface area contributed by atoms with Crippen molar-refractivity contribution in [1.82, 2.24) is 15.0 Å². The first-order valence-electron chi connectivity index (χ1n) is 6.68. The third-order valence-electron chi connectivity index (χ3n) is 2.82. The Kier molecular flexibility index (Phi) is 4.17. The minimum Gasteiger partial charge on any atom is -0.489 e. The molecule has 0 aromatic carbocycles. The molecule has 0 radical (unpaired) electrons. The van der Waals surface area contributed by atoms with E-state index in [1.807, 2.05) is 33.8 Å². The molecular weight excluding hydrogens is 254 g/mol. The van der Waals surface area contributed by atoms with E-state index in [1.54, 1.807) is 12.4 Å². The Morgan fingerprint density at radius 1 is 1.20 bits per heavy atom. The summed E-state index contributed by atoms with van der Waals surface area (Å²) in [4.78, 5) is 23.1. The standard InChI is InChI=1S/C15H19N3O2/c1-9(2)13-14(17-8-18-15(13)19)11-5-12(7-16-6-11)20-10(3)4/h5-10H,1-4H3,(H,17,18,19). The Morgan fingerprint density at radius 3 is 2.60 bits per heavy atom. The van der Waals surface area contributed by atoms with Crippen molar-refractivity contribution in [2.75, 3.05) is 0 Å². The summed E-state index contributed by atoms with van der Waals surface area (Å²) in [6.45, 7) is 7.85. The van der Waals surface area contributed by atoms with Crippen LogP contribution in [-0.2, 0) is 0 Å². The summed E-state index contributed by atoms with van der Waals surface area (Å²) in [5.74, 6) is 0.756. The zero-order chi connectivity index (χ0) is 14.7. The molecular formula is C15H19N3O2. The van der Waals surface area contributed by atoms with Crippen molar-refractivity contribution in [3.05, 3.63) is 40.7 Å². The van der Waals surface area contributed by atoms with Gasteiger partial charge in [-0.2, -0.15) is 0 Å². The van der Waals surface area contributed by atoms with E-state index in [-0.39, 0.29) is 17.6 Å². The average Bonchev–Trinajstić information content (AvgIpc) is 2.37. The number of aromatic nitrogens is 3. The first-order chi connectivity index (χ1) is 9.49. The number of nitrogens with zero attached hydrogens (tertiary/aromatic N) is 2. The van der Waals surface area contributed by atoms with E-state index in [9.17, 15) is 4.79 Å². The number of aromatic amines is 1. The Bertz CT molecular complexity index is 648. The number of rotatable bonds is 4. The molecule has 2 rings (SSSR count). The van der Waals surface area contributed by atoms with E-state index in [0.29, 0.717) is 17.0 Å². The highest BCUT2D eigenvalue weighted by atomic mass is 16.5. The van der Waals surface area contributed by atoms with Gasteiger partial charge in [-0.1, -0.05) is 13.8 Å². The van der Waals surface area contributed by atoms with E-state index in [2.05, 4.69) is 15.0 Å². The van der Waals surface area contributed by atoms with Gasteiger partial charge >= 0.3 is 0 Å². The molecule has 2 aromatic rings. The van der Waals surface area contributed by atoms with Gasteiger partial charge in [0.2, 0.25) is 0 Å². The predicted molar refractivity (Wildman–Crippen MR) is 77.9 cm³/mol. The number of pyridine rings is 1. The van der Waals surface area contributed by atoms with Crippen LogP contribution >= 0.6 is 0 Å². The van der Waals surface area contributed by atoms with Gasteiger partial charge in [0.05, 0.1) is 24.3 Å². The van der Waals surface area contributed by atoms with E-state index >= 15 is 0 Å². The van der Waals surface area contributed by atoms with Crippen LogP contribution in [0.15, 0.2) is 29.6 Å². The van der Waals surface area contributed by atoms with Crippen LogP contribution in [0.5, 0.6) is 5.75 Å². The van der Waals surface area contributed by atoms with Crippen LogP contribution in [0.2, 0.25) is 0 Å². The summed E-state index contributed by atoms with van der Waals surface area (Å²) in [7, 11) is 0. The summed E-state index contributed by atoms with van der Waals surface area (Å²) in [5, 5.41) is 0. The van der Waals surface area contributed by atoms with Gasteiger partial charge in [-0.05, 0) is 25.8 Å². The van der Waals surface area contributed by atoms with Gasteiger partial charge in [0.25, 0.3) is 5.56 Å². The number of ether oxygens (including phenoxy) is 1. The summed E-state index contributed by atoms with van der Waals surface area (Å²) < 4.78 is 5.63. The fourth-order valence-corrected chi connectivity index (χ4v) is 2.06. The van der Waals surface area contributed by atoms with E-state index in [1.165, 1.54) is 6.33 Å². The molecule has 0 aliphatic heterocycles. The lowest BCUT2D eigenvalue weighted by Crippen LogP contribution is -2.16. The third-order valence-corrected chi connectivity index (χ3v) is 2.82. The Morgan fingerprint density at radius 2 is 1.95 bits per heavy atom. The van der Waals surface area contributed by atoms with E-state index < -0.39 is 0 Å². The van der Waals surface area contributed by atoms with Crippen LogP contribution in [0.1, 0.15) is 39.2 Å². The quantitative estimate of drug-likeness (QED) is 0.930. The van der Waals surface area contributed by atoms with Crippen molar-refractivity contribution < 1.29 is 4.74 Å². The number of hydrogen-bond donors (Lipinski definition) is 1. The second-order valence-corrected chi connectivity index (χ2v) is 5.22. The molecule has 0 atom stereocenters. The van der Waals surface area contributed by atoms with Gasteiger partial charge in [0.15, 0.2) is 0 Å². The SMILES string of the molecule is CC(C)Oc1cncc(-c2nc[nH]c(=O)c2C(C)C)c1. The maximum Gasteiger partial charge on any atom is 0.254 e. The molecule has 0 saturated heterocycles. The van der Waals surface area contributed by atoms with E-state index in [4.69, 9.17) is 4.74 Å². The molecule has 0 aliphatic carbocycles. The molecule has 0 amide bonds. The molecule has 0 saturated carbocycles. The van der Waals surface area contributed by atoms with Crippen molar-refractivity contribution in [3.63, 3.8) is 0 Å². The largest absolute Gasteiger partial charge is 0.489 e. The number of hydrogen-bond acceptors (Lipinski definition) is 4. The van der Waals surface area contributed by atoms with Crippen LogP contribution in [-0.4, -0.2) is 21.1 Å². The van der Waals surface area contributed by atoms with Crippen molar-refractivity contribution in [2.45, 2.75) is 39.7 Å². The highest BCUT2D eigenvalue weighted by Crippen LogP contribution is 2.26. The monoisotopic (exact) mass is 273 g/mol. The van der Waals surface area contributed by atoms with Gasteiger partial charge in [-0.3, -0.25) is 9.78 Å². The molecule has 0 unspecified atom stereocenters. The lowest BCUT2D eigenvalue weighted by molar-refractivity contribution is 0.241. The maximum atomic E-state index is 12.0. The highest BCUT2D eigenvalue weighted by molar-refractivity contribution is 5.63. The van der Waals surface area contributed by atoms with E-state index in [0.717, 1.165) is 5.56 Å². The molecule has 0 aliphatic rings.